The van der Waals surface area contributed by atoms with Crippen molar-refractivity contribution in [2.75, 3.05) is 13.7 Å². The fourth-order valence-corrected chi connectivity index (χ4v) is 3.85. The zero-order valence-electron chi connectivity index (χ0n) is 12.5. The van der Waals surface area contributed by atoms with E-state index >= 15 is 0 Å². The van der Waals surface area contributed by atoms with E-state index in [9.17, 15) is 0 Å². The third-order valence-electron chi connectivity index (χ3n) is 4.77. The molecule has 20 heavy (non-hydrogen) atoms. The van der Waals surface area contributed by atoms with E-state index in [0.29, 0.717) is 24.2 Å². The smallest absolute Gasteiger partial charge is 0.122 e. The summed E-state index contributed by atoms with van der Waals surface area (Å²) < 4.78 is 11.5. The molecule has 0 aliphatic carbocycles. The van der Waals surface area contributed by atoms with Gasteiger partial charge in [-0.25, -0.2) is 0 Å². The number of para-hydroxylation sites is 1. The molecule has 2 aliphatic rings. The fraction of sp³-hybridized carbons (Fsp3) is 0.647. The lowest BCUT2D eigenvalue weighted by molar-refractivity contribution is 0.0858. The molecule has 0 aromatic heterocycles. The van der Waals surface area contributed by atoms with Gasteiger partial charge in [0.1, 0.15) is 5.75 Å². The fourth-order valence-electron chi connectivity index (χ4n) is 3.85. The third kappa shape index (κ3) is 2.70. The second-order valence-electron chi connectivity index (χ2n) is 5.95. The van der Waals surface area contributed by atoms with E-state index in [1.807, 2.05) is 6.07 Å². The maximum atomic E-state index is 6.04. The molecule has 0 amide bonds. The molecule has 1 aromatic carbocycles. The number of nitrogens with one attached hydrogen (secondary N) is 1. The summed E-state index contributed by atoms with van der Waals surface area (Å²) >= 11 is 0. The molecular formula is C17H25NO2. The molecule has 110 valence electrons. The minimum absolute atomic E-state index is 0.471. The molecule has 2 aliphatic heterocycles. The van der Waals surface area contributed by atoms with Crippen LogP contribution in [0.25, 0.3) is 0 Å². The van der Waals surface area contributed by atoms with E-state index < -0.39 is 0 Å². The third-order valence-corrected chi connectivity index (χ3v) is 4.77. The van der Waals surface area contributed by atoms with Crippen molar-refractivity contribution < 1.29 is 9.47 Å². The van der Waals surface area contributed by atoms with Crippen LogP contribution in [0.15, 0.2) is 24.3 Å². The first-order valence-corrected chi connectivity index (χ1v) is 7.82. The molecule has 3 heteroatoms. The first-order valence-electron chi connectivity index (χ1n) is 7.82. The highest BCUT2D eigenvalue weighted by atomic mass is 16.5. The zero-order chi connectivity index (χ0) is 13.9. The number of ether oxygens (including phenoxy) is 2. The second kappa shape index (κ2) is 6.15. The lowest BCUT2D eigenvalue weighted by Gasteiger charge is -2.29. The molecule has 1 N–H and O–H groups in total. The molecule has 2 bridgehead atoms. The van der Waals surface area contributed by atoms with E-state index in [-0.39, 0.29) is 0 Å². The molecule has 0 radical (unpaired) electrons. The molecule has 2 saturated heterocycles. The molecule has 3 rings (SSSR count). The molecule has 1 aromatic rings. The molecule has 4 atom stereocenters. The molecule has 3 nitrogen and oxygen atoms in total. The highest BCUT2D eigenvalue weighted by molar-refractivity contribution is 5.34. The van der Waals surface area contributed by atoms with Gasteiger partial charge in [0.15, 0.2) is 0 Å². The number of benzene rings is 1. The molecular weight excluding hydrogens is 250 g/mol. The van der Waals surface area contributed by atoms with Crippen LogP contribution in [0.3, 0.4) is 0 Å². The van der Waals surface area contributed by atoms with Crippen molar-refractivity contribution in [1.29, 1.82) is 0 Å². The highest BCUT2D eigenvalue weighted by Crippen LogP contribution is 2.41. The first kappa shape index (κ1) is 13.9. The lowest BCUT2D eigenvalue weighted by atomic mass is 9.81. The van der Waals surface area contributed by atoms with Crippen LogP contribution in [0.2, 0.25) is 0 Å². The SMILES string of the molecule is CCNC(Cc1ccccc1OC)C1CC2CCC1O2. The van der Waals surface area contributed by atoms with Gasteiger partial charge in [0.25, 0.3) is 0 Å². The number of hydrogen-bond acceptors (Lipinski definition) is 3. The van der Waals surface area contributed by atoms with Gasteiger partial charge in [-0.3, -0.25) is 0 Å². The maximum absolute atomic E-state index is 6.04. The largest absolute Gasteiger partial charge is 0.496 e. The number of rotatable bonds is 6. The standard InChI is InChI=1S/C17H25NO2/c1-3-18-15(14-11-13-8-9-17(14)20-13)10-12-6-4-5-7-16(12)19-2/h4-7,13-15,17-18H,3,8-11H2,1-2H3. The van der Waals surface area contributed by atoms with Crippen molar-refractivity contribution >= 4 is 0 Å². The molecule has 2 heterocycles. The second-order valence-corrected chi connectivity index (χ2v) is 5.95. The van der Waals surface area contributed by atoms with Gasteiger partial charge >= 0.3 is 0 Å². The monoisotopic (exact) mass is 275 g/mol. The quantitative estimate of drug-likeness (QED) is 0.866. The summed E-state index contributed by atoms with van der Waals surface area (Å²) in [6, 6.07) is 8.85. The Balaban J connectivity index is 1.74. The van der Waals surface area contributed by atoms with Gasteiger partial charge in [0.05, 0.1) is 19.3 Å². The minimum Gasteiger partial charge on any atom is -0.496 e. The van der Waals surface area contributed by atoms with Gasteiger partial charge in [-0.05, 0) is 43.9 Å². The number of methoxy groups -OCH3 is 1. The molecule has 0 spiro atoms. The van der Waals surface area contributed by atoms with Crippen LogP contribution in [0, 0.1) is 5.92 Å². The number of hydrogen-bond donors (Lipinski definition) is 1. The minimum atomic E-state index is 0.471. The summed E-state index contributed by atoms with van der Waals surface area (Å²) in [7, 11) is 1.75. The predicted molar refractivity (Wildman–Crippen MR) is 80.2 cm³/mol. The lowest BCUT2D eigenvalue weighted by Crippen LogP contribution is -2.42. The average Bonchev–Trinajstić information content (AvgIpc) is 3.10. The number of likely N-dealkylation sites (N-methyl/N-ethyl adjacent to an activating group) is 1. The van der Waals surface area contributed by atoms with E-state index in [1.165, 1.54) is 24.8 Å². The van der Waals surface area contributed by atoms with Crippen molar-refractivity contribution in [2.45, 2.75) is 50.9 Å². The maximum Gasteiger partial charge on any atom is 0.122 e. The van der Waals surface area contributed by atoms with Crippen LogP contribution in [0.5, 0.6) is 5.75 Å². The van der Waals surface area contributed by atoms with Gasteiger partial charge < -0.3 is 14.8 Å². The van der Waals surface area contributed by atoms with Crippen LogP contribution in [-0.4, -0.2) is 31.9 Å². The van der Waals surface area contributed by atoms with E-state index in [0.717, 1.165) is 18.7 Å². The normalized spacial score (nSPS) is 29.6. The Hall–Kier alpha value is -1.06. The summed E-state index contributed by atoms with van der Waals surface area (Å²) in [6.07, 6.45) is 5.73. The molecule has 4 unspecified atom stereocenters. The Bertz CT molecular complexity index is 448. The Morgan fingerprint density at radius 2 is 2.20 bits per heavy atom. The topological polar surface area (TPSA) is 30.5 Å². The van der Waals surface area contributed by atoms with Gasteiger partial charge in [-0.1, -0.05) is 25.1 Å². The summed E-state index contributed by atoms with van der Waals surface area (Å²) in [5.74, 6) is 1.65. The molecule has 2 fully saturated rings. The number of fused-ring (bicyclic) bond motifs is 2. The van der Waals surface area contributed by atoms with Crippen molar-refractivity contribution in [3.05, 3.63) is 29.8 Å². The summed E-state index contributed by atoms with van der Waals surface area (Å²) in [4.78, 5) is 0. The zero-order valence-corrected chi connectivity index (χ0v) is 12.5. The van der Waals surface area contributed by atoms with E-state index in [1.54, 1.807) is 7.11 Å². The van der Waals surface area contributed by atoms with E-state index in [4.69, 9.17) is 9.47 Å². The van der Waals surface area contributed by atoms with Crippen LogP contribution >= 0.6 is 0 Å². The van der Waals surface area contributed by atoms with Gasteiger partial charge in [0.2, 0.25) is 0 Å². The van der Waals surface area contributed by atoms with Gasteiger partial charge in [-0.2, -0.15) is 0 Å². The first-order chi connectivity index (χ1) is 9.81. The van der Waals surface area contributed by atoms with Crippen molar-refractivity contribution in [1.82, 2.24) is 5.32 Å². The van der Waals surface area contributed by atoms with Crippen molar-refractivity contribution in [2.24, 2.45) is 5.92 Å². The van der Waals surface area contributed by atoms with E-state index in [2.05, 4.69) is 30.4 Å². The summed E-state index contributed by atoms with van der Waals surface area (Å²) in [6.45, 7) is 3.19. The van der Waals surface area contributed by atoms with Crippen LogP contribution in [0.1, 0.15) is 31.7 Å². The van der Waals surface area contributed by atoms with Crippen LogP contribution in [0.4, 0.5) is 0 Å². The average molecular weight is 275 g/mol. The molecule has 0 saturated carbocycles. The van der Waals surface area contributed by atoms with Gasteiger partial charge in [0, 0.05) is 12.0 Å². The Morgan fingerprint density at radius 1 is 1.35 bits per heavy atom. The Morgan fingerprint density at radius 3 is 2.85 bits per heavy atom. The van der Waals surface area contributed by atoms with Crippen molar-refractivity contribution in [3.63, 3.8) is 0 Å². The highest BCUT2D eigenvalue weighted by Gasteiger charge is 2.44. The van der Waals surface area contributed by atoms with Crippen LogP contribution < -0.4 is 10.1 Å². The Kier molecular flexibility index (Phi) is 4.27. The predicted octanol–water partition coefficient (Wildman–Crippen LogP) is 2.78. The van der Waals surface area contributed by atoms with Gasteiger partial charge in [-0.15, -0.1) is 0 Å². The van der Waals surface area contributed by atoms with Crippen LogP contribution in [-0.2, 0) is 11.2 Å². The van der Waals surface area contributed by atoms with Crippen molar-refractivity contribution in [3.8, 4) is 5.75 Å². The Labute approximate surface area is 121 Å². The summed E-state index contributed by atoms with van der Waals surface area (Å²) in [5, 5.41) is 3.67. The summed E-state index contributed by atoms with van der Waals surface area (Å²) in [5.41, 5.74) is 1.30.